The molecule has 3 rings (SSSR count). The average molecular weight is 282 g/mol. The van der Waals surface area contributed by atoms with Crippen molar-refractivity contribution in [3.05, 3.63) is 72.0 Å². The number of fused-ring (bicyclic) bond motifs is 1. The smallest absolute Gasteiger partial charge is 0.133 e. The second-order valence-corrected chi connectivity index (χ2v) is 4.97. The molecule has 0 aliphatic carbocycles. The minimum absolute atomic E-state index is 0.392. The molecular weight excluding hydrogens is 267 g/mol. The third kappa shape index (κ3) is 2.88. The largest absolute Gasteiger partial charge is 0.457 e. The SMILES string of the molecule is CC(O)c1cc(F)ccc1Oc1ccc2ccccc2c1. The van der Waals surface area contributed by atoms with Gasteiger partial charge in [0, 0.05) is 5.56 Å². The Morgan fingerprint density at radius 2 is 1.71 bits per heavy atom. The Bertz CT molecular complexity index is 781. The van der Waals surface area contributed by atoms with Crippen LogP contribution < -0.4 is 4.74 Å². The Morgan fingerprint density at radius 3 is 2.48 bits per heavy atom. The maximum absolute atomic E-state index is 13.3. The summed E-state index contributed by atoms with van der Waals surface area (Å²) in [5, 5.41) is 11.9. The predicted molar refractivity (Wildman–Crippen MR) is 81.1 cm³/mol. The van der Waals surface area contributed by atoms with Gasteiger partial charge in [0.1, 0.15) is 17.3 Å². The highest BCUT2D eigenvalue weighted by molar-refractivity contribution is 5.83. The zero-order valence-corrected chi connectivity index (χ0v) is 11.6. The van der Waals surface area contributed by atoms with Crippen LogP contribution in [0.25, 0.3) is 10.8 Å². The highest BCUT2D eigenvalue weighted by Crippen LogP contribution is 2.31. The van der Waals surface area contributed by atoms with E-state index in [1.54, 1.807) is 6.92 Å². The lowest BCUT2D eigenvalue weighted by Gasteiger charge is -2.13. The average Bonchev–Trinajstić information content (AvgIpc) is 2.49. The molecule has 0 amide bonds. The van der Waals surface area contributed by atoms with Gasteiger partial charge in [0.15, 0.2) is 0 Å². The Labute approximate surface area is 122 Å². The van der Waals surface area contributed by atoms with Crippen molar-refractivity contribution >= 4 is 10.8 Å². The van der Waals surface area contributed by atoms with E-state index in [0.29, 0.717) is 17.1 Å². The standard InChI is InChI=1S/C18H15FO2/c1-12(20)17-11-15(19)7-9-18(17)21-16-8-6-13-4-2-3-5-14(13)10-16/h2-12,20H,1H3. The lowest BCUT2D eigenvalue weighted by Crippen LogP contribution is -1.97. The molecule has 3 aromatic rings. The van der Waals surface area contributed by atoms with Crippen LogP contribution >= 0.6 is 0 Å². The quantitative estimate of drug-likeness (QED) is 0.746. The molecule has 21 heavy (non-hydrogen) atoms. The molecule has 0 aliphatic heterocycles. The van der Waals surface area contributed by atoms with Crippen LogP contribution in [-0.4, -0.2) is 5.11 Å². The molecule has 0 saturated heterocycles. The van der Waals surface area contributed by atoms with Crippen LogP contribution in [0.3, 0.4) is 0 Å². The molecule has 106 valence electrons. The van der Waals surface area contributed by atoms with Gasteiger partial charge in [-0.3, -0.25) is 0 Å². The van der Waals surface area contributed by atoms with Crippen LogP contribution in [-0.2, 0) is 0 Å². The summed E-state index contributed by atoms with van der Waals surface area (Å²) >= 11 is 0. The van der Waals surface area contributed by atoms with Crippen LogP contribution in [0.4, 0.5) is 4.39 Å². The molecule has 0 saturated carbocycles. The fourth-order valence-corrected chi connectivity index (χ4v) is 2.30. The van der Waals surface area contributed by atoms with Crippen molar-refractivity contribution < 1.29 is 14.2 Å². The van der Waals surface area contributed by atoms with Gasteiger partial charge >= 0.3 is 0 Å². The molecule has 0 radical (unpaired) electrons. The number of hydrogen-bond acceptors (Lipinski definition) is 2. The van der Waals surface area contributed by atoms with E-state index in [-0.39, 0.29) is 0 Å². The molecule has 1 atom stereocenters. The maximum atomic E-state index is 13.3. The first-order valence-electron chi connectivity index (χ1n) is 6.77. The molecule has 3 aromatic carbocycles. The first kappa shape index (κ1) is 13.6. The molecule has 3 heteroatoms. The number of rotatable bonds is 3. The van der Waals surface area contributed by atoms with E-state index in [2.05, 4.69) is 0 Å². The number of ether oxygens (including phenoxy) is 1. The van der Waals surface area contributed by atoms with Crippen LogP contribution in [0.5, 0.6) is 11.5 Å². The molecule has 0 aromatic heterocycles. The van der Waals surface area contributed by atoms with Gasteiger partial charge in [0.25, 0.3) is 0 Å². The third-order valence-corrected chi connectivity index (χ3v) is 3.37. The number of benzene rings is 3. The van der Waals surface area contributed by atoms with Gasteiger partial charge in [0.2, 0.25) is 0 Å². The molecule has 0 bridgehead atoms. The summed E-state index contributed by atoms with van der Waals surface area (Å²) in [5.74, 6) is 0.723. The van der Waals surface area contributed by atoms with Gasteiger partial charge in [-0.05, 0) is 48.0 Å². The Hall–Kier alpha value is -2.39. The van der Waals surface area contributed by atoms with E-state index < -0.39 is 11.9 Å². The fourth-order valence-electron chi connectivity index (χ4n) is 2.30. The molecule has 2 nitrogen and oxygen atoms in total. The second kappa shape index (κ2) is 5.54. The summed E-state index contributed by atoms with van der Waals surface area (Å²) in [5.41, 5.74) is 0.433. The second-order valence-electron chi connectivity index (χ2n) is 4.97. The van der Waals surface area contributed by atoms with Crippen molar-refractivity contribution in [3.8, 4) is 11.5 Å². The van der Waals surface area contributed by atoms with Crippen molar-refractivity contribution in [1.82, 2.24) is 0 Å². The number of hydrogen-bond donors (Lipinski definition) is 1. The molecule has 0 spiro atoms. The summed E-state index contributed by atoms with van der Waals surface area (Å²) in [4.78, 5) is 0. The predicted octanol–water partition coefficient (Wildman–Crippen LogP) is 4.82. The highest BCUT2D eigenvalue weighted by Gasteiger charge is 2.11. The van der Waals surface area contributed by atoms with Gasteiger partial charge < -0.3 is 9.84 Å². The van der Waals surface area contributed by atoms with Gasteiger partial charge in [-0.2, -0.15) is 0 Å². The minimum Gasteiger partial charge on any atom is -0.457 e. The molecule has 1 N–H and O–H groups in total. The Morgan fingerprint density at radius 1 is 0.952 bits per heavy atom. The van der Waals surface area contributed by atoms with Crippen molar-refractivity contribution in [3.63, 3.8) is 0 Å². The van der Waals surface area contributed by atoms with E-state index in [0.717, 1.165) is 10.8 Å². The topological polar surface area (TPSA) is 29.5 Å². The summed E-state index contributed by atoms with van der Waals surface area (Å²) < 4.78 is 19.1. The monoisotopic (exact) mass is 282 g/mol. The fraction of sp³-hybridized carbons (Fsp3) is 0.111. The van der Waals surface area contributed by atoms with Crippen LogP contribution in [0.1, 0.15) is 18.6 Å². The van der Waals surface area contributed by atoms with E-state index in [9.17, 15) is 9.50 Å². The first-order chi connectivity index (χ1) is 10.1. The van der Waals surface area contributed by atoms with Gasteiger partial charge in [-0.15, -0.1) is 0 Å². The lowest BCUT2D eigenvalue weighted by atomic mass is 10.1. The number of aliphatic hydroxyl groups excluding tert-OH is 1. The van der Waals surface area contributed by atoms with Gasteiger partial charge in [-0.1, -0.05) is 30.3 Å². The zero-order chi connectivity index (χ0) is 14.8. The summed E-state index contributed by atoms with van der Waals surface area (Å²) in [7, 11) is 0. The third-order valence-electron chi connectivity index (χ3n) is 3.37. The van der Waals surface area contributed by atoms with Crippen LogP contribution in [0.15, 0.2) is 60.7 Å². The number of aliphatic hydroxyl groups is 1. The Kier molecular flexibility index (Phi) is 3.59. The van der Waals surface area contributed by atoms with Crippen LogP contribution in [0, 0.1) is 5.82 Å². The van der Waals surface area contributed by atoms with Crippen molar-refractivity contribution in [2.75, 3.05) is 0 Å². The molecule has 0 fully saturated rings. The zero-order valence-electron chi connectivity index (χ0n) is 11.6. The van der Waals surface area contributed by atoms with Crippen molar-refractivity contribution in [2.24, 2.45) is 0 Å². The first-order valence-corrected chi connectivity index (χ1v) is 6.77. The molecule has 1 unspecified atom stereocenters. The molecular formula is C18H15FO2. The number of halogens is 1. The van der Waals surface area contributed by atoms with Crippen LogP contribution in [0.2, 0.25) is 0 Å². The van der Waals surface area contributed by atoms with Crippen molar-refractivity contribution in [1.29, 1.82) is 0 Å². The minimum atomic E-state index is -0.795. The summed E-state index contributed by atoms with van der Waals surface area (Å²) in [6, 6.07) is 17.9. The van der Waals surface area contributed by atoms with E-state index in [1.165, 1.54) is 18.2 Å². The summed E-state index contributed by atoms with van der Waals surface area (Å²) in [6.45, 7) is 1.59. The van der Waals surface area contributed by atoms with Crippen molar-refractivity contribution in [2.45, 2.75) is 13.0 Å². The molecule has 0 heterocycles. The van der Waals surface area contributed by atoms with Gasteiger partial charge in [0.05, 0.1) is 6.10 Å². The van der Waals surface area contributed by atoms with E-state index >= 15 is 0 Å². The normalized spacial score (nSPS) is 12.3. The maximum Gasteiger partial charge on any atom is 0.133 e. The van der Waals surface area contributed by atoms with E-state index in [1.807, 2.05) is 42.5 Å². The molecule has 0 aliphatic rings. The lowest BCUT2D eigenvalue weighted by molar-refractivity contribution is 0.195. The van der Waals surface area contributed by atoms with E-state index in [4.69, 9.17) is 4.74 Å². The van der Waals surface area contributed by atoms with Gasteiger partial charge in [-0.25, -0.2) is 4.39 Å². The Balaban J connectivity index is 1.98. The highest BCUT2D eigenvalue weighted by atomic mass is 19.1. The summed E-state index contributed by atoms with van der Waals surface area (Å²) in [6.07, 6.45) is -0.795.